The van der Waals surface area contributed by atoms with Crippen LogP contribution >= 0.6 is 0 Å². The Morgan fingerprint density at radius 3 is 2.81 bits per heavy atom. The second kappa shape index (κ2) is 8.03. The maximum Gasteiger partial charge on any atom is 0.223 e. The number of aryl methyl sites for hydroxylation is 1. The van der Waals surface area contributed by atoms with Gasteiger partial charge >= 0.3 is 0 Å². The third kappa shape index (κ3) is 4.19. The average molecular weight is 370 g/mol. The highest BCUT2D eigenvalue weighted by Crippen LogP contribution is 2.23. The molecule has 3 atom stereocenters. The van der Waals surface area contributed by atoms with Gasteiger partial charge in [0.05, 0.1) is 12.2 Å². The molecule has 0 saturated carbocycles. The lowest BCUT2D eigenvalue weighted by atomic mass is 10.1. The normalized spacial score (nSPS) is 26.7. The Labute approximate surface area is 161 Å². The molecule has 1 aromatic carbocycles. The molecular weight excluding hydrogens is 338 g/mol. The van der Waals surface area contributed by atoms with E-state index in [0.717, 1.165) is 51.0 Å². The van der Waals surface area contributed by atoms with Gasteiger partial charge in [-0.05, 0) is 44.7 Å². The molecule has 4 rings (SSSR count). The molecule has 1 aromatic heterocycles. The molecule has 0 radical (unpaired) electrons. The summed E-state index contributed by atoms with van der Waals surface area (Å²) in [5.41, 5.74) is 2.39. The highest BCUT2D eigenvalue weighted by atomic mass is 16.5. The van der Waals surface area contributed by atoms with Crippen molar-refractivity contribution in [3.63, 3.8) is 0 Å². The van der Waals surface area contributed by atoms with Crippen molar-refractivity contribution in [1.82, 2.24) is 14.8 Å². The van der Waals surface area contributed by atoms with Crippen molar-refractivity contribution >= 4 is 16.8 Å². The molecular formula is C22H31N3O2. The van der Waals surface area contributed by atoms with Gasteiger partial charge in [-0.25, -0.2) is 0 Å². The van der Waals surface area contributed by atoms with Crippen LogP contribution < -0.4 is 0 Å². The van der Waals surface area contributed by atoms with E-state index in [0.29, 0.717) is 18.4 Å². The van der Waals surface area contributed by atoms with E-state index in [4.69, 9.17) is 4.74 Å². The van der Waals surface area contributed by atoms with Crippen LogP contribution in [0.25, 0.3) is 10.9 Å². The number of hydrogen-bond donors (Lipinski definition) is 1. The van der Waals surface area contributed by atoms with Gasteiger partial charge in [0.2, 0.25) is 5.91 Å². The summed E-state index contributed by atoms with van der Waals surface area (Å²) in [7, 11) is 0. The smallest absolute Gasteiger partial charge is 0.223 e. The number of nitrogens with zero attached hydrogens (tertiary/aromatic N) is 2. The molecule has 0 unspecified atom stereocenters. The standard InChI is InChI=1S/C22H31N3O2/c1-16-13-24(14-17(2)27-16)15-19-6-5-11-25(19)22(26)10-9-18-12-23-21-8-4-3-7-20(18)21/h3-4,7-8,12,16-17,19,23H,5-6,9-11,13-15H2,1-2H3/t16-,17+,19-/m1/s1. The summed E-state index contributed by atoms with van der Waals surface area (Å²) >= 11 is 0. The first-order chi connectivity index (χ1) is 13.1. The van der Waals surface area contributed by atoms with E-state index in [2.05, 4.69) is 53.0 Å². The Morgan fingerprint density at radius 2 is 2.00 bits per heavy atom. The number of benzene rings is 1. The Hall–Kier alpha value is -1.85. The Balaban J connectivity index is 1.35. The molecule has 3 heterocycles. The van der Waals surface area contributed by atoms with Crippen LogP contribution in [0.2, 0.25) is 0 Å². The van der Waals surface area contributed by atoms with Crippen molar-refractivity contribution in [3.8, 4) is 0 Å². The first-order valence-corrected chi connectivity index (χ1v) is 10.3. The molecule has 2 saturated heterocycles. The van der Waals surface area contributed by atoms with Crippen molar-refractivity contribution in [3.05, 3.63) is 36.0 Å². The first kappa shape index (κ1) is 18.5. The number of hydrogen-bond acceptors (Lipinski definition) is 3. The molecule has 5 heteroatoms. The Kier molecular flexibility index (Phi) is 5.50. The zero-order valence-electron chi connectivity index (χ0n) is 16.5. The number of aromatic nitrogens is 1. The number of carbonyl (C=O) groups excluding carboxylic acids is 1. The lowest BCUT2D eigenvalue weighted by Crippen LogP contribution is -2.50. The summed E-state index contributed by atoms with van der Waals surface area (Å²) in [6.07, 6.45) is 6.25. The molecule has 146 valence electrons. The van der Waals surface area contributed by atoms with Gasteiger partial charge in [-0.1, -0.05) is 18.2 Å². The van der Waals surface area contributed by atoms with Crippen LogP contribution in [0.4, 0.5) is 0 Å². The van der Waals surface area contributed by atoms with Crippen LogP contribution in [0.15, 0.2) is 30.5 Å². The molecule has 1 N–H and O–H groups in total. The quantitative estimate of drug-likeness (QED) is 0.880. The van der Waals surface area contributed by atoms with Crippen molar-refractivity contribution in [1.29, 1.82) is 0 Å². The third-order valence-corrected chi connectivity index (χ3v) is 5.94. The Bertz CT molecular complexity index is 777. The summed E-state index contributed by atoms with van der Waals surface area (Å²) in [6, 6.07) is 8.67. The molecule has 2 aliphatic heterocycles. The highest BCUT2D eigenvalue weighted by Gasteiger charge is 2.32. The fourth-order valence-electron chi connectivity index (χ4n) is 4.81. The van der Waals surface area contributed by atoms with E-state index in [1.807, 2.05) is 6.07 Å². The highest BCUT2D eigenvalue weighted by molar-refractivity contribution is 5.84. The number of fused-ring (bicyclic) bond motifs is 1. The second-order valence-corrected chi connectivity index (χ2v) is 8.22. The minimum atomic E-state index is 0.279. The van der Waals surface area contributed by atoms with Crippen LogP contribution in [0, 0.1) is 0 Å². The van der Waals surface area contributed by atoms with E-state index >= 15 is 0 Å². The minimum absolute atomic E-state index is 0.279. The van der Waals surface area contributed by atoms with Crippen molar-refractivity contribution in [2.75, 3.05) is 26.2 Å². The predicted molar refractivity (Wildman–Crippen MR) is 108 cm³/mol. The summed E-state index contributed by atoms with van der Waals surface area (Å²) < 4.78 is 5.85. The summed E-state index contributed by atoms with van der Waals surface area (Å²) in [6.45, 7) is 8.11. The maximum absolute atomic E-state index is 12.9. The molecule has 2 fully saturated rings. The third-order valence-electron chi connectivity index (χ3n) is 5.94. The number of carbonyl (C=O) groups is 1. The lowest BCUT2D eigenvalue weighted by Gasteiger charge is -2.38. The van der Waals surface area contributed by atoms with Crippen LogP contribution in [0.1, 0.15) is 38.7 Å². The molecule has 2 aromatic rings. The van der Waals surface area contributed by atoms with Gasteiger partial charge in [0.25, 0.3) is 0 Å². The van der Waals surface area contributed by atoms with E-state index in [1.165, 1.54) is 10.9 Å². The van der Waals surface area contributed by atoms with Crippen LogP contribution in [-0.4, -0.2) is 65.1 Å². The van der Waals surface area contributed by atoms with Gasteiger partial charge in [-0.2, -0.15) is 0 Å². The van der Waals surface area contributed by atoms with Gasteiger partial charge in [-0.3, -0.25) is 9.69 Å². The molecule has 2 aliphatic rings. The van der Waals surface area contributed by atoms with Gasteiger partial charge in [0.15, 0.2) is 0 Å². The predicted octanol–water partition coefficient (Wildman–Crippen LogP) is 3.20. The topological polar surface area (TPSA) is 48.6 Å². The molecule has 0 aliphatic carbocycles. The number of amides is 1. The zero-order chi connectivity index (χ0) is 18.8. The Morgan fingerprint density at radius 1 is 1.22 bits per heavy atom. The first-order valence-electron chi connectivity index (χ1n) is 10.3. The summed E-state index contributed by atoms with van der Waals surface area (Å²) in [5.74, 6) is 0.303. The van der Waals surface area contributed by atoms with Crippen molar-refractivity contribution in [2.45, 2.75) is 57.8 Å². The zero-order valence-corrected chi connectivity index (χ0v) is 16.5. The van der Waals surface area contributed by atoms with E-state index < -0.39 is 0 Å². The van der Waals surface area contributed by atoms with Crippen LogP contribution in [-0.2, 0) is 16.0 Å². The van der Waals surface area contributed by atoms with E-state index in [1.54, 1.807) is 0 Å². The number of rotatable bonds is 5. The molecule has 0 spiro atoms. The second-order valence-electron chi connectivity index (χ2n) is 8.22. The number of para-hydroxylation sites is 1. The average Bonchev–Trinajstić information content (AvgIpc) is 3.26. The lowest BCUT2D eigenvalue weighted by molar-refractivity contribution is -0.133. The SMILES string of the molecule is C[C@@H]1CN(C[C@H]2CCCN2C(=O)CCc2c[nH]c3ccccc23)C[C@H](C)O1. The number of likely N-dealkylation sites (tertiary alicyclic amines) is 1. The molecule has 1 amide bonds. The van der Waals surface area contributed by atoms with Crippen molar-refractivity contribution in [2.24, 2.45) is 0 Å². The number of morpholine rings is 1. The van der Waals surface area contributed by atoms with Crippen LogP contribution in [0.5, 0.6) is 0 Å². The maximum atomic E-state index is 12.9. The van der Waals surface area contributed by atoms with Gasteiger partial charge in [0, 0.05) is 55.7 Å². The molecule has 27 heavy (non-hydrogen) atoms. The monoisotopic (exact) mass is 369 g/mol. The summed E-state index contributed by atoms with van der Waals surface area (Å²) in [5, 5.41) is 1.24. The van der Waals surface area contributed by atoms with Crippen LogP contribution in [0.3, 0.4) is 0 Å². The largest absolute Gasteiger partial charge is 0.373 e. The number of aromatic amines is 1. The fraction of sp³-hybridized carbons (Fsp3) is 0.591. The minimum Gasteiger partial charge on any atom is -0.373 e. The fourth-order valence-corrected chi connectivity index (χ4v) is 4.81. The van der Waals surface area contributed by atoms with Gasteiger partial charge in [0.1, 0.15) is 0 Å². The van der Waals surface area contributed by atoms with Gasteiger partial charge < -0.3 is 14.6 Å². The molecule has 5 nitrogen and oxygen atoms in total. The van der Waals surface area contributed by atoms with Crippen molar-refractivity contribution < 1.29 is 9.53 Å². The van der Waals surface area contributed by atoms with Gasteiger partial charge in [-0.15, -0.1) is 0 Å². The summed E-state index contributed by atoms with van der Waals surface area (Å²) in [4.78, 5) is 20.9. The van der Waals surface area contributed by atoms with E-state index in [9.17, 15) is 4.79 Å². The number of ether oxygens (including phenoxy) is 1. The number of nitrogens with one attached hydrogen (secondary N) is 1. The molecule has 0 bridgehead atoms. The van der Waals surface area contributed by atoms with E-state index in [-0.39, 0.29) is 12.2 Å². The number of H-pyrrole nitrogens is 1.